The minimum absolute atomic E-state index is 0.366. The topological polar surface area (TPSA) is 73.1 Å². The van der Waals surface area contributed by atoms with Crippen LogP contribution in [0.1, 0.15) is 38.3 Å². The van der Waals surface area contributed by atoms with E-state index in [1.54, 1.807) is 6.20 Å². The van der Waals surface area contributed by atoms with Crippen LogP contribution in [0.15, 0.2) is 45.3 Å². The van der Waals surface area contributed by atoms with Gasteiger partial charge in [0.1, 0.15) is 11.6 Å². The zero-order chi connectivity index (χ0) is 16.2. The third-order valence-corrected chi connectivity index (χ3v) is 4.70. The van der Waals surface area contributed by atoms with Crippen LogP contribution >= 0.6 is 15.9 Å². The van der Waals surface area contributed by atoms with Crippen molar-refractivity contribution in [1.29, 1.82) is 5.26 Å². The number of rotatable bonds is 2. The minimum atomic E-state index is 0.366. The van der Waals surface area contributed by atoms with Gasteiger partial charge in [0.2, 0.25) is 0 Å². The first kappa shape index (κ1) is 15.8. The third kappa shape index (κ3) is 3.45. The fraction of sp³-hybridized carbons (Fsp3) is 0.353. The van der Waals surface area contributed by atoms with Crippen LogP contribution in [0.25, 0.3) is 5.57 Å². The highest BCUT2D eigenvalue weighted by atomic mass is 79.9. The number of halogens is 1. The lowest BCUT2D eigenvalue weighted by atomic mass is 10.1. The van der Waals surface area contributed by atoms with Crippen molar-refractivity contribution < 1.29 is 0 Å². The van der Waals surface area contributed by atoms with Crippen molar-refractivity contribution in [2.24, 2.45) is 4.99 Å². The Morgan fingerprint density at radius 3 is 2.91 bits per heavy atom. The lowest BCUT2D eigenvalue weighted by molar-refractivity contribution is 0.696. The maximum atomic E-state index is 9.65. The Balaban J connectivity index is 1.98. The van der Waals surface area contributed by atoms with Crippen molar-refractivity contribution in [3.63, 3.8) is 0 Å². The number of nitrogens with one attached hydrogen (secondary N) is 2. The molecule has 0 amide bonds. The van der Waals surface area contributed by atoms with Crippen LogP contribution in [0.3, 0.4) is 0 Å². The van der Waals surface area contributed by atoms with E-state index in [1.165, 1.54) is 12.8 Å². The number of nitrogens with zero attached hydrogens (tertiary/aromatic N) is 3. The summed E-state index contributed by atoms with van der Waals surface area (Å²) < 4.78 is 0.798. The van der Waals surface area contributed by atoms with Crippen LogP contribution in [-0.2, 0) is 0 Å². The van der Waals surface area contributed by atoms with Gasteiger partial charge < -0.3 is 10.6 Å². The number of hydrogen-bond acceptors (Lipinski definition) is 3. The number of aliphatic imine (C=N–C) groups is 1. The molecule has 1 saturated carbocycles. The first-order valence-electron chi connectivity index (χ1n) is 7.73. The molecular formula is C17H18BrN5. The van der Waals surface area contributed by atoms with Gasteiger partial charge in [0.25, 0.3) is 0 Å². The average Bonchev–Trinajstić information content (AvgIpc) is 3.06. The summed E-state index contributed by atoms with van der Waals surface area (Å²) in [5.74, 6) is 0.706. The van der Waals surface area contributed by atoms with E-state index in [1.807, 2.05) is 25.3 Å². The Morgan fingerprint density at radius 1 is 1.43 bits per heavy atom. The van der Waals surface area contributed by atoms with Gasteiger partial charge in [-0.1, -0.05) is 12.8 Å². The maximum absolute atomic E-state index is 9.65. The molecule has 0 spiro atoms. The first-order valence-corrected chi connectivity index (χ1v) is 8.52. The van der Waals surface area contributed by atoms with Gasteiger partial charge in [0.05, 0.1) is 17.4 Å². The first-order chi connectivity index (χ1) is 11.2. The van der Waals surface area contributed by atoms with E-state index in [0.29, 0.717) is 23.3 Å². The largest absolute Gasteiger partial charge is 0.332 e. The molecule has 1 fully saturated rings. The fourth-order valence-corrected chi connectivity index (χ4v) is 3.30. The second-order valence-electron chi connectivity index (χ2n) is 5.71. The zero-order valence-electron chi connectivity index (χ0n) is 12.9. The Labute approximate surface area is 144 Å². The minimum Gasteiger partial charge on any atom is -0.332 e. The molecule has 1 aliphatic carbocycles. The van der Waals surface area contributed by atoms with Gasteiger partial charge in [0, 0.05) is 16.9 Å². The number of allylic oxidation sites excluding steroid dienone is 2. The predicted molar refractivity (Wildman–Crippen MR) is 94.2 cm³/mol. The molecule has 0 unspecified atom stereocenters. The van der Waals surface area contributed by atoms with Crippen molar-refractivity contribution >= 4 is 27.5 Å². The molecule has 1 aromatic rings. The van der Waals surface area contributed by atoms with Crippen LogP contribution in [0.2, 0.25) is 0 Å². The van der Waals surface area contributed by atoms with E-state index < -0.39 is 0 Å². The second-order valence-corrected chi connectivity index (χ2v) is 6.56. The average molecular weight is 372 g/mol. The molecule has 2 aliphatic rings. The van der Waals surface area contributed by atoms with Crippen molar-refractivity contribution in [3.05, 3.63) is 46.0 Å². The van der Waals surface area contributed by atoms with Crippen LogP contribution < -0.4 is 10.6 Å². The van der Waals surface area contributed by atoms with Crippen LogP contribution in [-0.4, -0.2) is 17.0 Å². The standard InChI is InChI=1S/C17H18BrN5/c1-11-10-21-17(22-12-5-2-3-6-12)23-15(11)13(9-19)16-14(18)7-4-8-20-16/h4,7-8,10,12H,2-3,5-6H2,1H3,(H2,21,22,23)/b15-13+. The highest BCUT2D eigenvalue weighted by molar-refractivity contribution is 9.10. The Morgan fingerprint density at radius 2 is 2.22 bits per heavy atom. The van der Waals surface area contributed by atoms with Gasteiger partial charge in [0.15, 0.2) is 5.96 Å². The molecule has 5 nitrogen and oxygen atoms in total. The number of hydrogen-bond donors (Lipinski definition) is 2. The molecule has 0 atom stereocenters. The third-order valence-electron chi connectivity index (χ3n) is 4.06. The van der Waals surface area contributed by atoms with Gasteiger partial charge in [-0.2, -0.15) is 5.26 Å². The lowest BCUT2D eigenvalue weighted by Gasteiger charge is -2.22. The Bertz CT molecular complexity index is 736. The molecular weight excluding hydrogens is 354 g/mol. The van der Waals surface area contributed by atoms with E-state index in [0.717, 1.165) is 28.6 Å². The molecule has 0 radical (unpaired) electrons. The van der Waals surface area contributed by atoms with Gasteiger partial charge in [-0.25, -0.2) is 4.99 Å². The molecule has 118 valence electrons. The van der Waals surface area contributed by atoms with E-state index in [4.69, 9.17) is 4.99 Å². The molecule has 3 rings (SSSR count). The van der Waals surface area contributed by atoms with E-state index in [2.05, 4.69) is 37.6 Å². The molecule has 1 aliphatic heterocycles. The van der Waals surface area contributed by atoms with Crippen LogP contribution in [0.5, 0.6) is 0 Å². The van der Waals surface area contributed by atoms with Crippen molar-refractivity contribution in [2.75, 3.05) is 0 Å². The SMILES string of the molecule is CC1=CNC(=NC2CCCC2)N/C1=C(\C#N)c1ncccc1Br. The Kier molecular flexibility index (Phi) is 4.77. The summed E-state index contributed by atoms with van der Waals surface area (Å²) in [4.78, 5) is 9.06. The summed E-state index contributed by atoms with van der Waals surface area (Å²) in [6.07, 6.45) is 8.31. The molecule has 1 aromatic heterocycles. The van der Waals surface area contributed by atoms with Gasteiger partial charge in [-0.3, -0.25) is 4.98 Å². The van der Waals surface area contributed by atoms with Crippen molar-refractivity contribution in [3.8, 4) is 6.07 Å². The molecule has 0 saturated heterocycles. The quantitative estimate of drug-likeness (QED) is 0.780. The summed E-state index contributed by atoms with van der Waals surface area (Å²) in [5.41, 5.74) is 2.84. The molecule has 2 heterocycles. The molecule has 0 aromatic carbocycles. The van der Waals surface area contributed by atoms with Crippen molar-refractivity contribution in [1.82, 2.24) is 15.6 Å². The van der Waals surface area contributed by atoms with E-state index >= 15 is 0 Å². The zero-order valence-corrected chi connectivity index (χ0v) is 14.5. The number of aromatic nitrogens is 1. The molecule has 2 N–H and O–H groups in total. The van der Waals surface area contributed by atoms with Crippen molar-refractivity contribution in [2.45, 2.75) is 38.6 Å². The van der Waals surface area contributed by atoms with E-state index in [9.17, 15) is 5.26 Å². The second kappa shape index (κ2) is 6.97. The Hall–Kier alpha value is -2.13. The van der Waals surface area contributed by atoms with E-state index in [-0.39, 0.29) is 0 Å². The molecule has 0 bridgehead atoms. The fourth-order valence-electron chi connectivity index (χ4n) is 2.84. The van der Waals surface area contributed by atoms with Crippen LogP contribution in [0, 0.1) is 11.3 Å². The smallest absolute Gasteiger partial charge is 0.200 e. The maximum Gasteiger partial charge on any atom is 0.200 e. The lowest BCUT2D eigenvalue weighted by Crippen LogP contribution is -2.39. The monoisotopic (exact) mass is 371 g/mol. The molecule has 23 heavy (non-hydrogen) atoms. The summed E-state index contributed by atoms with van der Waals surface area (Å²) in [5, 5.41) is 16.1. The number of pyridine rings is 1. The number of guanidine groups is 1. The van der Waals surface area contributed by atoms with Gasteiger partial charge in [-0.15, -0.1) is 0 Å². The summed E-state index contributed by atoms with van der Waals surface area (Å²) >= 11 is 3.47. The van der Waals surface area contributed by atoms with Gasteiger partial charge >= 0.3 is 0 Å². The summed E-state index contributed by atoms with van der Waals surface area (Å²) in [6.45, 7) is 1.95. The van der Waals surface area contributed by atoms with Crippen LogP contribution in [0.4, 0.5) is 0 Å². The summed E-state index contributed by atoms with van der Waals surface area (Å²) in [7, 11) is 0. The normalized spacial score (nSPS) is 22.1. The highest BCUT2D eigenvalue weighted by Crippen LogP contribution is 2.27. The van der Waals surface area contributed by atoms with Gasteiger partial charge in [-0.05, 0) is 53.4 Å². The predicted octanol–water partition coefficient (Wildman–Crippen LogP) is 3.47. The molecule has 6 heteroatoms. The number of nitriles is 1. The highest BCUT2D eigenvalue weighted by Gasteiger charge is 2.21. The summed E-state index contributed by atoms with van der Waals surface area (Å²) in [6, 6.07) is 6.36.